The summed E-state index contributed by atoms with van der Waals surface area (Å²) in [4.78, 5) is 10.7. The molecule has 0 heterocycles. The molecule has 0 aliphatic heterocycles. The maximum Gasteiger partial charge on any atom is 0.515 e. The van der Waals surface area contributed by atoms with Crippen LogP contribution in [0, 0.1) is 0 Å². The number of alkyl halides is 3. The SMILES string of the molecule is NC(=O)c1ccc(OC[B-](F)(F)F)c(C(F)(F)F)c1. The van der Waals surface area contributed by atoms with E-state index in [1.165, 1.54) is 0 Å². The van der Waals surface area contributed by atoms with Crippen LogP contribution in [0.3, 0.4) is 0 Å². The van der Waals surface area contributed by atoms with Gasteiger partial charge in [0.1, 0.15) is 5.75 Å². The number of halogens is 6. The highest BCUT2D eigenvalue weighted by Crippen LogP contribution is 2.37. The number of primary amides is 1. The highest BCUT2D eigenvalue weighted by atomic mass is 19.4. The molecule has 0 aromatic heterocycles. The Morgan fingerprint density at radius 1 is 1.26 bits per heavy atom. The molecular formula is C9H7BF6NO2-. The highest BCUT2D eigenvalue weighted by molar-refractivity contribution is 6.58. The van der Waals surface area contributed by atoms with Gasteiger partial charge in [0, 0.05) is 5.56 Å². The van der Waals surface area contributed by atoms with Gasteiger partial charge in [-0.05, 0) is 18.2 Å². The minimum atomic E-state index is -5.39. The first-order chi connectivity index (χ1) is 8.50. The van der Waals surface area contributed by atoms with Gasteiger partial charge in [-0.25, -0.2) is 0 Å². The molecule has 2 N–H and O–H groups in total. The van der Waals surface area contributed by atoms with E-state index in [1.54, 1.807) is 0 Å². The summed E-state index contributed by atoms with van der Waals surface area (Å²) in [6.07, 6.45) is -4.96. The van der Waals surface area contributed by atoms with Crippen LogP contribution in [0.15, 0.2) is 18.2 Å². The summed E-state index contributed by atoms with van der Waals surface area (Å²) in [5.74, 6) is -2.13. The molecule has 106 valence electrons. The first-order valence-corrected chi connectivity index (χ1v) is 4.85. The Bertz CT molecular complexity index is 485. The number of amides is 1. The van der Waals surface area contributed by atoms with Crippen molar-refractivity contribution < 1.29 is 35.6 Å². The van der Waals surface area contributed by atoms with Crippen LogP contribution in [0.25, 0.3) is 0 Å². The predicted octanol–water partition coefficient (Wildman–Crippen LogP) is 2.57. The van der Waals surface area contributed by atoms with Crippen molar-refractivity contribution in [1.29, 1.82) is 0 Å². The smallest absolute Gasteiger partial charge is 0.515 e. The van der Waals surface area contributed by atoms with Gasteiger partial charge in [-0.1, -0.05) is 0 Å². The van der Waals surface area contributed by atoms with E-state index in [0.29, 0.717) is 12.1 Å². The highest BCUT2D eigenvalue weighted by Gasteiger charge is 2.36. The van der Waals surface area contributed by atoms with Crippen molar-refractivity contribution in [2.45, 2.75) is 6.18 Å². The third kappa shape index (κ3) is 4.38. The van der Waals surface area contributed by atoms with Crippen molar-refractivity contribution in [3.63, 3.8) is 0 Å². The van der Waals surface area contributed by atoms with Gasteiger partial charge in [0.2, 0.25) is 5.91 Å². The topological polar surface area (TPSA) is 52.3 Å². The second-order valence-corrected chi connectivity index (χ2v) is 3.59. The fraction of sp³-hybridized carbons (Fsp3) is 0.222. The zero-order chi connectivity index (χ0) is 14.8. The van der Waals surface area contributed by atoms with Gasteiger partial charge in [-0.3, -0.25) is 4.79 Å². The number of hydrogen-bond acceptors (Lipinski definition) is 2. The van der Waals surface area contributed by atoms with E-state index in [0.717, 1.165) is 6.07 Å². The molecule has 19 heavy (non-hydrogen) atoms. The Hall–Kier alpha value is -1.87. The third-order valence-electron chi connectivity index (χ3n) is 2.00. The maximum atomic E-state index is 12.6. The monoisotopic (exact) mass is 286 g/mol. The Morgan fingerprint density at radius 2 is 1.84 bits per heavy atom. The van der Waals surface area contributed by atoms with Crippen LogP contribution >= 0.6 is 0 Å². The molecule has 1 rings (SSSR count). The van der Waals surface area contributed by atoms with E-state index in [1.807, 2.05) is 0 Å². The van der Waals surface area contributed by atoms with E-state index in [-0.39, 0.29) is 0 Å². The lowest BCUT2D eigenvalue weighted by molar-refractivity contribution is -0.138. The molecule has 0 unspecified atom stereocenters. The van der Waals surface area contributed by atoms with Crippen LogP contribution in [0.4, 0.5) is 26.1 Å². The average Bonchev–Trinajstić information content (AvgIpc) is 2.23. The standard InChI is InChI=1S/C9H7BF6NO2/c11-9(12,13)6-3-5(8(17)18)1-2-7(6)19-4-10(14,15)16/h1-3H,4H2,(H2,17,18)/q-1. The van der Waals surface area contributed by atoms with E-state index >= 15 is 0 Å². The van der Waals surface area contributed by atoms with Crippen LogP contribution < -0.4 is 10.5 Å². The summed E-state index contributed by atoms with van der Waals surface area (Å²) in [5, 5.41) is 0. The summed E-state index contributed by atoms with van der Waals surface area (Å²) < 4.78 is 77.8. The Kier molecular flexibility index (Phi) is 4.01. The lowest BCUT2D eigenvalue weighted by atomic mass is 9.94. The fourth-order valence-corrected chi connectivity index (χ4v) is 1.21. The summed E-state index contributed by atoms with van der Waals surface area (Å²) in [5.41, 5.74) is 2.84. The number of carbonyl (C=O) groups is 1. The van der Waals surface area contributed by atoms with Crippen molar-refractivity contribution in [1.82, 2.24) is 0 Å². The molecule has 10 heteroatoms. The molecule has 1 aromatic rings. The van der Waals surface area contributed by atoms with Gasteiger partial charge in [-0.2, -0.15) is 13.2 Å². The fourth-order valence-electron chi connectivity index (χ4n) is 1.21. The molecule has 0 spiro atoms. The largest absolute Gasteiger partial charge is 0.521 e. The minimum absolute atomic E-state index is 0.348. The van der Waals surface area contributed by atoms with Gasteiger partial charge in [0.25, 0.3) is 0 Å². The van der Waals surface area contributed by atoms with Crippen molar-refractivity contribution in [3.05, 3.63) is 29.3 Å². The maximum absolute atomic E-state index is 12.6. The molecule has 0 saturated carbocycles. The molecule has 0 radical (unpaired) electrons. The van der Waals surface area contributed by atoms with Crippen LogP contribution in [0.5, 0.6) is 5.75 Å². The number of nitrogens with two attached hydrogens (primary N) is 1. The normalized spacial score (nSPS) is 12.3. The first-order valence-electron chi connectivity index (χ1n) is 4.85. The molecule has 0 atom stereocenters. The average molecular weight is 286 g/mol. The van der Waals surface area contributed by atoms with E-state index in [9.17, 15) is 30.9 Å². The molecule has 0 fully saturated rings. The van der Waals surface area contributed by atoms with Crippen LogP contribution in [-0.4, -0.2) is 19.4 Å². The minimum Gasteiger partial charge on any atom is -0.521 e. The lowest BCUT2D eigenvalue weighted by Gasteiger charge is -2.19. The number of hydrogen-bond donors (Lipinski definition) is 1. The summed E-state index contributed by atoms with van der Waals surface area (Å²) in [7, 11) is 0. The third-order valence-corrected chi connectivity index (χ3v) is 2.00. The second kappa shape index (κ2) is 5.02. The van der Waals surface area contributed by atoms with Crippen molar-refractivity contribution in [2.24, 2.45) is 5.73 Å². The molecule has 0 aliphatic carbocycles. The Balaban J connectivity index is 3.13. The summed E-state index contributed by atoms with van der Waals surface area (Å²) in [6.45, 7) is -7.19. The van der Waals surface area contributed by atoms with Crippen molar-refractivity contribution in [3.8, 4) is 5.75 Å². The zero-order valence-corrected chi connectivity index (χ0v) is 9.18. The number of rotatable bonds is 4. The van der Waals surface area contributed by atoms with Gasteiger partial charge >= 0.3 is 13.2 Å². The van der Waals surface area contributed by atoms with E-state index in [4.69, 9.17) is 5.73 Å². The van der Waals surface area contributed by atoms with Gasteiger partial charge < -0.3 is 23.4 Å². The van der Waals surface area contributed by atoms with Crippen molar-refractivity contribution in [2.75, 3.05) is 6.51 Å². The van der Waals surface area contributed by atoms with E-state index in [2.05, 4.69) is 4.74 Å². The lowest BCUT2D eigenvalue weighted by Crippen LogP contribution is -2.27. The first kappa shape index (κ1) is 15.2. The van der Waals surface area contributed by atoms with Gasteiger partial charge in [0.15, 0.2) is 0 Å². The molecule has 0 bridgehead atoms. The second-order valence-electron chi connectivity index (χ2n) is 3.59. The molecule has 0 aliphatic rings. The van der Waals surface area contributed by atoms with Crippen molar-refractivity contribution >= 4 is 12.9 Å². The number of ether oxygens (including phenoxy) is 1. The zero-order valence-electron chi connectivity index (χ0n) is 9.18. The summed E-state index contributed by atoms with van der Waals surface area (Å²) >= 11 is 0. The predicted molar refractivity (Wildman–Crippen MR) is 54.5 cm³/mol. The number of benzene rings is 1. The Morgan fingerprint density at radius 3 is 2.26 bits per heavy atom. The molecular weight excluding hydrogens is 279 g/mol. The van der Waals surface area contributed by atoms with Gasteiger partial charge in [0.05, 0.1) is 12.1 Å². The molecule has 1 amide bonds. The molecule has 3 nitrogen and oxygen atoms in total. The van der Waals surface area contributed by atoms with E-state index < -0.39 is 42.4 Å². The van der Waals surface area contributed by atoms with Crippen LogP contribution in [-0.2, 0) is 6.18 Å². The van der Waals surface area contributed by atoms with Gasteiger partial charge in [-0.15, -0.1) is 0 Å². The summed E-state index contributed by atoms with van der Waals surface area (Å²) in [6, 6.07) is 1.84. The van der Waals surface area contributed by atoms with Crippen LogP contribution in [0.1, 0.15) is 15.9 Å². The quantitative estimate of drug-likeness (QED) is 0.683. The Labute approximate surface area is 103 Å². The molecule has 1 aromatic carbocycles. The van der Waals surface area contributed by atoms with Crippen LogP contribution in [0.2, 0.25) is 0 Å². The molecule has 0 saturated heterocycles. The number of carbonyl (C=O) groups excluding carboxylic acids is 1.